The number of sulfonamides is 1. The summed E-state index contributed by atoms with van der Waals surface area (Å²) in [6.07, 6.45) is 8.86. The van der Waals surface area contributed by atoms with Crippen molar-refractivity contribution >= 4 is 32.7 Å². The van der Waals surface area contributed by atoms with E-state index in [1.807, 2.05) is 28.5 Å². The molecule has 3 heterocycles. The summed E-state index contributed by atoms with van der Waals surface area (Å²) in [5.41, 5.74) is 5.97. The fraction of sp³-hybridized carbons (Fsp3) is 0.412. The molecule has 1 saturated heterocycles. The van der Waals surface area contributed by atoms with E-state index in [1.54, 1.807) is 50.6 Å². The predicted octanol–water partition coefficient (Wildman–Crippen LogP) is 5.85. The van der Waals surface area contributed by atoms with Gasteiger partial charge in [-0.2, -0.15) is 0 Å². The first kappa shape index (κ1) is 30.1. The van der Waals surface area contributed by atoms with E-state index >= 15 is 0 Å². The van der Waals surface area contributed by atoms with Gasteiger partial charge in [0, 0.05) is 29.6 Å². The first-order chi connectivity index (χ1) is 21.1. The van der Waals surface area contributed by atoms with Gasteiger partial charge in [0.15, 0.2) is 0 Å². The molecule has 232 valence electrons. The highest BCUT2D eigenvalue weighted by Gasteiger charge is 2.30. The van der Waals surface area contributed by atoms with Crippen LogP contribution in [-0.2, 0) is 26.1 Å². The SMILES string of the molecule is Cc1cc(C)c(S(=O)(=O)NC(=O)c2ccc3c(C4CCCCC4)c(-c4ccoc4)n(CC(=O)N4CCOCC4)c3c2)c(C)c1. The Bertz CT molecular complexity index is 1790. The molecule has 0 bridgehead atoms. The Labute approximate surface area is 258 Å². The van der Waals surface area contributed by atoms with Crippen LogP contribution in [0.2, 0.25) is 0 Å². The van der Waals surface area contributed by atoms with E-state index in [1.165, 1.54) is 6.42 Å². The topological polar surface area (TPSA) is 111 Å². The molecule has 2 amide bonds. The van der Waals surface area contributed by atoms with E-state index in [0.29, 0.717) is 43.3 Å². The van der Waals surface area contributed by atoms with E-state index in [-0.39, 0.29) is 22.9 Å². The minimum Gasteiger partial charge on any atom is -0.472 e. The fourth-order valence-electron chi connectivity index (χ4n) is 7.07. The highest BCUT2D eigenvalue weighted by molar-refractivity contribution is 7.90. The number of rotatable bonds is 7. The van der Waals surface area contributed by atoms with Crippen molar-refractivity contribution in [3.8, 4) is 11.3 Å². The predicted molar refractivity (Wildman–Crippen MR) is 168 cm³/mol. The van der Waals surface area contributed by atoms with E-state index in [0.717, 1.165) is 59.0 Å². The molecule has 1 aliphatic heterocycles. The van der Waals surface area contributed by atoms with E-state index in [2.05, 4.69) is 4.72 Å². The van der Waals surface area contributed by atoms with Crippen molar-refractivity contribution in [3.05, 3.63) is 76.7 Å². The lowest BCUT2D eigenvalue weighted by Crippen LogP contribution is -2.42. The van der Waals surface area contributed by atoms with Crippen molar-refractivity contribution in [2.45, 2.75) is 70.2 Å². The maximum atomic E-state index is 13.6. The number of ether oxygens (including phenoxy) is 1. The Morgan fingerprint density at radius 3 is 2.32 bits per heavy atom. The molecule has 10 heteroatoms. The molecule has 4 aromatic rings. The normalized spacial score (nSPS) is 16.4. The molecule has 6 rings (SSSR count). The van der Waals surface area contributed by atoms with Crippen LogP contribution in [0.1, 0.15) is 70.6 Å². The number of fused-ring (bicyclic) bond motifs is 1. The Hall–Kier alpha value is -3.89. The number of nitrogens with one attached hydrogen (secondary N) is 1. The molecule has 44 heavy (non-hydrogen) atoms. The minimum atomic E-state index is -4.13. The third-order valence-electron chi connectivity index (χ3n) is 8.93. The number of hydrogen-bond donors (Lipinski definition) is 1. The third-order valence-corrected chi connectivity index (χ3v) is 10.6. The van der Waals surface area contributed by atoms with Crippen LogP contribution in [0.15, 0.2) is 58.2 Å². The zero-order chi connectivity index (χ0) is 31.0. The summed E-state index contributed by atoms with van der Waals surface area (Å²) in [6.45, 7) is 7.49. The van der Waals surface area contributed by atoms with Crippen LogP contribution in [0.25, 0.3) is 22.2 Å². The molecule has 0 spiro atoms. The molecule has 1 aliphatic carbocycles. The molecule has 2 aliphatic rings. The Morgan fingerprint density at radius 2 is 1.66 bits per heavy atom. The molecular formula is C34H39N3O6S. The molecule has 0 atom stereocenters. The third kappa shape index (κ3) is 5.80. The first-order valence-electron chi connectivity index (χ1n) is 15.3. The van der Waals surface area contributed by atoms with Gasteiger partial charge in [0.1, 0.15) is 6.54 Å². The van der Waals surface area contributed by atoms with E-state index < -0.39 is 15.9 Å². The standard InChI is InChI=1S/C34H39N3O6S/c1-22-17-23(2)33(24(3)18-22)44(40,41)35-34(39)26-9-10-28-29(19-26)37(20-30(38)36-12-15-42-16-13-36)32(27-11-14-43-21-27)31(28)25-7-5-4-6-8-25/h9-11,14,17-19,21,25H,4-8,12-13,15-16,20H2,1-3H3,(H,35,39). The lowest BCUT2D eigenvalue weighted by atomic mass is 9.82. The highest BCUT2D eigenvalue weighted by atomic mass is 32.2. The number of furan rings is 1. The maximum Gasteiger partial charge on any atom is 0.265 e. The van der Waals surface area contributed by atoms with Crippen LogP contribution in [-0.4, -0.2) is 56.0 Å². The van der Waals surface area contributed by atoms with Crippen LogP contribution in [0, 0.1) is 20.8 Å². The Balaban J connectivity index is 1.45. The molecule has 0 radical (unpaired) electrons. The monoisotopic (exact) mass is 617 g/mol. The van der Waals surface area contributed by atoms with Gasteiger partial charge in [-0.1, -0.05) is 43.0 Å². The van der Waals surface area contributed by atoms with Crippen molar-refractivity contribution in [1.82, 2.24) is 14.2 Å². The fourth-order valence-corrected chi connectivity index (χ4v) is 8.50. The second-order valence-corrected chi connectivity index (χ2v) is 13.7. The summed E-state index contributed by atoms with van der Waals surface area (Å²) >= 11 is 0. The molecular weight excluding hydrogens is 578 g/mol. The summed E-state index contributed by atoms with van der Waals surface area (Å²) in [4.78, 5) is 29.1. The molecule has 0 unspecified atom stereocenters. The average Bonchev–Trinajstić information content (AvgIpc) is 3.63. The molecule has 2 aromatic heterocycles. The number of benzene rings is 2. The molecule has 2 aromatic carbocycles. The zero-order valence-electron chi connectivity index (χ0n) is 25.5. The molecule has 1 saturated carbocycles. The minimum absolute atomic E-state index is 0.0344. The van der Waals surface area contributed by atoms with Gasteiger partial charge in [-0.3, -0.25) is 9.59 Å². The Morgan fingerprint density at radius 1 is 0.955 bits per heavy atom. The van der Waals surface area contributed by atoms with Gasteiger partial charge >= 0.3 is 0 Å². The average molecular weight is 618 g/mol. The zero-order valence-corrected chi connectivity index (χ0v) is 26.3. The second-order valence-electron chi connectivity index (χ2n) is 12.1. The lowest BCUT2D eigenvalue weighted by Gasteiger charge is -2.27. The summed E-state index contributed by atoms with van der Waals surface area (Å²) in [6, 6.07) is 10.8. The Kier molecular flexibility index (Phi) is 8.39. The van der Waals surface area contributed by atoms with Crippen LogP contribution in [0.4, 0.5) is 0 Å². The van der Waals surface area contributed by atoms with E-state index in [4.69, 9.17) is 9.15 Å². The van der Waals surface area contributed by atoms with Crippen molar-refractivity contribution in [1.29, 1.82) is 0 Å². The molecule has 1 N–H and O–H groups in total. The van der Waals surface area contributed by atoms with Gasteiger partial charge in [0.2, 0.25) is 5.91 Å². The highest BCUT2D eigenvalue weighted by Crippen LogP contribution is 2.44. The first-order valence-corrected chi connectivity index (χ1v) is 16.8. The van der Waals surface area contributed by atoms with Gasteiger partial charge < -0.3 is 18.6 Å². The van der Waals surface area contributed by atoms with Crippen molar-refractivity contribution < 1.29 is 27.2 Å². The van der Waals surface area contributed by atoms with Crippen LogP contribution < -0.4 is 4.72 Å². The van der Waals surface area contributed by atoms with Crippen molar-refractivity contribution in [2.24, 2.45) is 0 Å². The van der Waals surface area contributed by atoms with Crippen LogP contribution in [0.5, 0.6) is 0 Å². The van der Waals surface area contributed by atoms with Crippen LogP contribution >= 0.6 is 0 Å². The van der Waals surface area contributed by atoms with Gasteiger partial charge in [-0.05, 0) is 74.4 Å². The summed E-state index contributed by atoms with van der Waals surface area (Å²) in [5, 5.41) is 0.965. The van der Waals surface area contributed by atoms with Crippen LogP contribution in [0.3, 0.4) is 0 Å². The lowest BCUT2D eigenvalue weighted by molar-refractivity contribution is -0.135. The number of morpholine rings is 1. The number of carbonyl (C=O) groups excluding carboxylic acids is 2. The van der Waals surface area contributed by atoms with Gasteiger partial charge in [-0.15, -0.1) is 0 Å². The van der Waals surface area contributed by atoms with Gasteiger partial charge in [-0.25, -0.2) is 13.1 Å². The van der Waals surface area contributed by atoms with Crippen molar-refractivity contribution in [3.63, 3.8) is 0 Å². The number of aromatic nitrogens is 1. The quantitative estimate of drug-likeness (QED) is 0.279. The number of aryl methyl sites for hydroxylation is 3. The smallest absolute Gasteiger partial charge is 0.265 e. The summed E-state index contributed by atoms with van der Waals surface area (Å²) in [7, 11) is -4.13. The summed E-state index contributed by atoms with van der Waals surface area (Å²) < 4.78 is 42.1. The van der Waals surface area contributed by atoms with Crippen molar-refractivity contribution in [2.75, 3.05) is 26.3 Å². The second kappa shape index (κ2) is 12.2. The largest absolute Gasteiger partial charge is 0.472 e. The molecule has 9 nitrogen and oxygen atoms in total. The maximum absolute atomic E-state index is 13.6. The number of carbonyl (C=O) groups is 2. The number of nitrogens with zero attached hydrogens (tertiary/aromatic N) is 2. The van der Waals surface area contributed by atoms with E-state index in [9.17, 15) is 18.0 Å². The molecule has 2 fully saturated rings. The number of hydrogen-bond acceptors (Lipinski definition) is 6. The number of amides is 2. The van der Waals surface area contributed by atoms with Gasteiger partial charge in [0.05, 0.1) is 41.8 Å². The van der Waals surface area contributed by atoms with Gasteiger partial charge in [0.25, 0.3) is 15.9 Å². The summed E-state index contributed by atoms with van der Waals surface area (Å²) in [5.74, 6) is -0.459.